The first-order valence-electron chi connectivity index (χ1n) is 5.72. The second-order valence-electron chi connectivity index (χ2n) is 3.46. The standard InChI is InChI=1S/C12H15BrN2O3S/c1-2-18-12(17)15-6-5-14-11(16)4-3-9-7-10(13)19-8-9/h3-4,7-8H,2,5-6H2,1H3,(H,14,16)(H,15,17)/b4-3+. The highest BCUT2D eigenvalue weighted by atomic mass is 79.9. The van der Waals surface area contributed by atoms with E-state index in [4.69, 9.17) is 0 Å². The van der Waals surface area contributed by atoms with E-state index in [-0.39, 0.29) is 5.91 Å². The SMILES string of the molecule is CCOC(=O)NCCNC(=O)/C=C/c1csc(Br)c1. The van der Waals surface area contributed by atoms with Gasteiger partial charge in [0, 0.05) is 19.2 Å². The summed E-state index contributed by atoms with van der Waals surface area (Å²) in [6, 6.07) is 1.93. The van der Waals surface area contributed by atoms with Crippen LogP contribution in [-0.2, 0) is 9.53 Å². The molecule has 0 aromatic carbocycles. The summed E-state index contributed by atoms with van der Waals surface area (Å²) in [6.45, 7) is 2.75. The summed E-state index contributed by atoms with van der Waals surface area (Å²) in [5.74, 6) is -0.201. The smallest absolute Gasteiger partial charge is 0.407 e. The molecule has 0 aliphatic rings. The molecule has 2 N–H and O–H groups in total. The zero-order valence-electron chi connectivity index (χ0n) is 10.4. The Morgan fingerprint density at radius 1 is 1.42 bits per heavy atom. The van der Waals surface area contributed by atoms with Gasteiger partial charge in [0.25, 0.3) is 0 Å². The maximum atomic E-state index is 11.4. The van der Waals surface area contributed by atoms with Crippen LogP contribution < -0.4 is 10.6 Å². The molecule has 19 heavy (non-hydrogen) atoms. The quantitative estimate of drug-likeness (QED) is 0.613. The Bertz CT molecular complexity index is 460. The number of hydrogen-bond donors (Lipinski definition) is 2. The van der Waals surface area contributed by atoms with Crippen LogP contribution in [0.5, 0.6) is 0 Å². The molecule has 0 bridgehead atoms. The molecule has 0 spiro atoms. The summed E-state index contributed by atoms with van der Waals surface area (Å²) >= 11 is 4.91. The Labute approximate surface area is 124 Å². The van der Waals surface area contributed by atoms with Crippen LogP contribution in [0.15, 0.2) is 21.3 Å². The number of nitrogens with one attached hydrogen (secondary N) is 2. The van der Waals surface area contributed by atoms with Crippen molar-refractivity contribution in [3.63, 3.8) is 0 Å². The van der Waals surface area contributed by atoms with Gasteiger partial charge in [-0.05, 0) is 45.9 Å². The van der Waals surface area contributed by atoms with Crippen molar-refractivity contribution in [1.82, 2.24) is 10.6 Å². The number of halogens is 1. The van der Waals surface area contributed by atoms with Gasteiger partial charge >= 0.3 is 6.09 Å². The molecule has 0 saturated heterocycles. The predicted octanol–water partition coefficient (Wildman–Crippen LogP) is 2.39. The summed E-state index contributed by atoms with van der Waals surface area (Å²) in [5, 5.41) is 7.11. The minimum absolute atomic E-state index is 0.201. The third-order valence-corrected chi connectivity index (χ3v) is 3.51. The zero-order chi connectivity index (χ0) is 14.1. The monoisotopic (exact) mass is 346 g/mol. The van der Waals surface area contributed by atoms with Crippen molar-refractivity contribution in [1.29, 1.82) is 0 Å². The van der Waals surface area contributed by atoms with Crippen LogP contribution in [0.4, 0.5) is 4.79 Å². The maximum absolute atomic E-state index is 11.4. The van der Waals surface area contributed by atoms with E-state index in [1.165, 1.54) is 6.08 Å². The highest BCUT2D eigenvalue weighted by Crippen LogP contribution is 2.21. The van der Waals surface area contributed by atoms with Crippen molar-refractivity contribution < 1.29 is 14.3 Å². The molecule has 0 fully saturated rings. The van der Waals surface area contributed by atoms with E-state index in [2.05, 4.69) is 31.3 Å². The Morgan fingerprint density at radius 2 is 2.16 bits per heavy atom. The van der Waals surface area contributed by atoms with Crippen LogP contribution in [0.25, 0.3) is 6.08 Å². The van der Waals surface area contributed by atoms with Crippen molar-refractivity contribution in [2.75, 3.05) is 19.7 Å². The van der Waals surface area contributed by atoms with E-state index < -0.39 is 6.09 Å². The van der Waals surface area contributed by atoms with Crippen LogP contribution in [0, 0.1) is 0 Å². The van der Waals surface area contributed by atoms with E-state index in [1.807, 2.05) is 11.4 Å². The van der Waals surface area contributed by atoms with Gasteiger partial charge in [-0.25, -0.2) is 4.79 Å². The minimum Gasteiger partial charge on any atom is -0.450 e. The molecule has 0 aliphatic carbocycles. The number of thiophene rings is 1. The van der Waals surface area contributed by atoms with Crippen molar-refractivity contribution in [3.05, 3.63) is 26.9 Å². The van der Waals surface area contributed by atoms with E-state index in [9.17, 15) is 9.59 Å². The maximum Gasteiger partial charge on any atom is 0.407 e. The second kappa shape index (κ2) is 8.71. The van der Waals surface area contributed by atoms with E-state index in [1.54, 1.807) is 24.3 Å². The highest BCUT2D eigenvalue weighted by Gasteiger charge is 1.99. The van der Waals surface area contributed by atoms with Gasteiger partial charge in [0.05, 0.1) is 10.4 Å². The van der Waals surface area contributed by atoms with Crippen LogP contribution in [0.2, 0.25) is 0 Å². The summed E-state index contributed by atoms with van der Waals surface area (Å²) < 4.78 is 5.70. The fourth-order valence-electron chi connectivity index (χ4n) is 1.17. The van der Waals surface area contributed by atoms with Gasteiger partial charge in [0.15, 0.2) is 0 Å². The summed E-state index contributed by atoms with van der Waals surface area (Å²) in [4.78, 5) is 22.4. The van der Waals surface area contributed by atoms with Crippen molar-refractivity contribution in [2.24, 2.45) is 0 Å². The number of hydrogen-bond acceptors (Lipinski definition) is 4. The number of carbonyl (C=O) groups excluding carboxylic acids is 2. The van der Waals surface area contributed by atoms with Crippen LogP contribution in [0.1, 0.15) is 12.5 Å². The van der Waals surface area contributed by atoms with Gasteiger partial charge < -0.3 is 15.4 Å². The predicted molar refractivity (Wildman–Crippen MR) is 79.1 cm³/mol. The molecule has 0 atom stereocenters. The van der Waals surface area contributed by atoms with Gasteiger partial charge in [-0.2, -0.15) is 0 Å². The molecule has 2 amide bonds. The lowest BCUT2D eigenvalue weighted by Gasteiger charge is -2.05. The molecule has 0 radical (unpaired) electrons. The second-order valence-corrected chi connectivity index (χ2v) is 5.75. The van der Waals surface area contributed by atoms with Gasteiger partial charge in [-0.3, -0.25) is 4.79 Å². The molecule has 1 heterocycles. The Morgan fingerprint density at radius 3 is 2.79 bits per heavy atom. The molecule has 104 valence electrons. The first kappa shape index (κ1) is 15.7. The molecular weight excluding hydrogens is 332 g/mol. The Balaban J connectivity index is 2.18. The van der Waals surface area contributed by atoms with Crippen molar-refractivity contribution >= 4 is 45.3 Å². The number of alkyl carbamates (subject to hydrolysis) is 1. The topological polar surface area (TPSA) is 67.4 Å². The molecule has 1 rings (SSSR count). The fraction of sp³-hybridized carbons (Fsp3) is 0.333. The minimum atomic E-state index is -0.476. The van der Waals surface area contributed by atoms with Gasteiger partial charge in [0.1, 0.15) is 0 Å². The summed E-state index contributed by atoms with van der Waals surface area (Å²) in [6.07, 6.45) is 2.71. The van der Waals surface area contributed by atoms with Crippen LogP contribution in [0.3, 0.4) is 0 Å². The largest absolute Gasteiger partial charge is 0.450 e. The van der Waals surface area contributed by atoms with Crippen molar-refractivity contribution in [2.45, 2.75) is 6.92 Å². The normalized spacial score (nSPS) is 10.4. The lowest BCUT2D eigenvalue weighted by molar-refractivity contribution is -0.116. The number of ether oxygens (including phenoxy) is 1. The van der Waals surface area contributed by atoms with Crippen LogP contribution >= 0.6 is 27.3 Å². The van der Waals surface area contributed by atoms with Crippen LogP contribution in [-0.4, -0.2) is 31.7 Å². The lowest BCUT2D eigenvalue weighted by Crippen LogP contribution is -2.34. The molecule has 0 saturated carbocycles. The molecule has 1 aromatic heterocycles. The lowest BCUT2D eigenvalue weighted by atomic mass is 10.3. The van der Waals surface area contributed by atoms with E-state index in [0.717, 1.165) is 9.35 Å². The number of carbonyl (C=O) groups is 2. The van der Waals surface area contributed by atoms with Gasteiger partial charge in [-0.1, -0.05) is 0 Å². The highest BCUT2D eigenvalue weighted by molar-refractivity contribution is 9.11. The molecule has 7 heteroatoms. The fourth-order valence-corrected chi connectivity index (χ4v) is 2.32. The zero-order valence-corrected chi connectivity index (χ0v) is 12.8. The summed E-state index contributed by atoms with van der Waals surface area (Å²) in [5.41, 5.74) is 0.969. The first-order valence-corrected chi connectivity index (χ1v) is 7.39. The van der Waals surface area contributed by atoms with E-state index in [0.29, 0.717) is 19.7 Å². The molecule has 1 aromatic rings. The first-order chi connectivity index (χ1) is 9.11. The average Bonchev–Trinajstić information content (AvgIpc) is 2.78. The number of amides is 2. The summed E-state index contributed by atoms with van der Waals surface area (Å²) in [7, 11) is 0. The molecular formula is C12H15BrN2O3S. The molecule has 0 unspecified atom stereocenters. The van der Waals surface area contributed by atoms with E-state index >= 15 is 0 Å². The number of rotatable bonds is 6. The Kier molecular flexibility index (Phi) is 7.20. The molecule has 5 nitrogen and oxygen atoms in total. The third-order valence-electron chi connectivity index (χ3n) is 1.98. The van der Waals surface area contributed by atoms with Gasteiger partial charge in [-0.15, -0.1) is 11.3 Å². The third kappa shape index (κ3) is 6.97. The average molecular weight is 347 g/mol. The van der Waals surface area contributed by atoms with Gasteiger partial charge in [0.2, 0.25) is 5.91 Å². The molecule has 0 aliphatic heterocycles. The Hall–Kier alpha value is -1.34. The van der Waals surface area contributed by atoms with Crippen molar-refractivity contribution in [3.8, 4) is 0 Å².